The fraction of sp³-hybridized carbons (Fsp3) is 0.476. The van der Waals surface area contributed by atoms with Crippen molar-refractivity contribution in [2.24, 2.45) is 5.92 Å². The maximum atomic E-state index is 9.91. The van der Waals surface area contributed by atoms with Crippen LogP contribution in [0.15, 0.2) is 40.1 Å². The molecule has 0 unspecified atom stereocenters. The molecule has 0 aliphatic heterocycles. The molecule has 1 saturated carbocycles. The van der Waals surface area contributed by atoms with E-state index in [-0.39, 0.29) is 6.10 Å². The molecule has 3 aromatic rings. The topological polar surface area (TPSA) is 75.8 Å². The molecule has 2 aromatic heterocycles. The summed E-state index contributed by atoms with van der Waals surface area (Å²) >= 11 is 5.08. The van der Waals surface area contributed by atoms with E-state index < -0.39 is 0 Å². The Morgan fingerprint density at radius 1 is 1.20 bits per heavy atom. The van der Waals surface area contributed by atoms with E-state index in [0.717, 1.165) is 59.2 Å². The van der Waals surface area contributed by atoms with Gasteiger partial charge in [0, 0.05) is 13.1 Å². The maximum Gasteiger partial charge on any atom is 0.231 e. The van der Waals surface area contributed by atoms with E-state index in [9.17, 15) is 5.11 Å². The lowest BCUT2D eigenvalue weighted by molar-refractivity contribution is 0.110. The van der Waals surface area contributed by atoms with Crippen molar-refractivity contribution in [2.45, 2.75) is 43.5 Å². The van der Waals surface area contributed by atoms with Crippen LogP contribution in [0.1, 0.15) is 31.2 Å². The van der Waals surface area contributed by atoms with Gasteiger partial charge in [-0.25, -0.2) is 4.98 Å². The van der Waals surface area contributed by atoms with Crippen LogP contribution in [0.25, 0.3) is 5.65 Å². The van der Waals surface area contributed by atoms with Gasteiger partial charge >= 0.3 is 0 Å². The zero-order valence-electron chi connectivity index (χ0n) is 17.2. The zero-order chi connectivity index (χ0) is 21.1. The van der Waals surface area contributed by atoms with E-state index in [1.54, 1.807) is 13.3 Å². The zero-order valence-corrected chi connectivity index (χ0v) is 19.6. The summed E-state index contributed by atoms with van der Waals surface area (Å²) in [5, 5.41) is 15.1. The average Bonchev–Trinajstić information content (AvgIpc) is 3.15. The highest BCUT2D eigenvalue weighted by molar-refractivity contribution is 9.10. The van der Waals surface area contributed by atoms with E-state index in [2.05, 4.69) is 43.0 Å². The first kappa shape index (κ1) is 21.4. The molecule has 4 rings (SSSR count). The minimum Gasteiger partial charge on any atom is -0.497 e. The van der Waals surface area contributed by atoms with Crippen LogP contribution < -0.4 is 9.64 Å². The van der Waals surface area contributed by atoms with Crippen LogP contribution in [0.5, 0.6) is 5.75 Å². The minimum atomic E-state index is -0.160. The Bertz CT molecular complexity index is 989. The van der Waals surface area contributed by atoms with Gasteiger partial charge in [0.15, 0.2) is 10.8 Å². The summed E-state index contributed by atoms with van der Waals surface area (Å²) in [7, 11) is 1.68. The van der Waals surface area contributed by atoms with Gasteiger partial charge in [-0.05, 0) is 71.5 Å². The van der Waals surface area contributed by atoms with Crippen LogP contribution in [-0.2, 0) is 6.54 Å². The fourth-order valence-corrected chi connectivity index (χ4v) is 4.62. The summed E-state index contributed by atoms with van der Waals surface area (Å²) in [6.07, 6.45) is 7.36. The molecule has 0 bridgehead atoms. The number of aliphatic hydroxyl groups is 1. The Kier molecular flexibility index (Phi) is 6.80. The molecule has 7 nitrogen and oxygen atoms in total. The number of hydrogen-bond donors (Lipinski definition) is 1. The van der Waals surface area contributed by atoms with Crippen molar-refractivity contribution < 1.29 is 9.84 Å². The molecule has 0 radical (unpaired) electrons. The minimum absolute atomic E-state index is 0.160. The highest BCUT2D eigenvalue weighted by Gasteiger charge is 2.25. The number of ether oxygens (including phenoxy) is 1. The SMILES string of the molecule is COc1ccc(CN(C[C@H]2CC[C@@H](O)CC2)c2nc(SC)nc3c(Br)cnn23)cc1. The lowest BCUT2D eigenvalue weighted by atomic mass is 9.87. The summed E-state index contributed by atoms with van der Waals surface area (Å²) in [6, 6.07) is 8.14. The molecule has 160 valence electrons. The molecule has 0 atom stereocenters. The Morgan fingerprint density at radius 2 is 1.93 bits per heavy atom. The van der Waals surface area contributed by atoms with Crippen LogP contribution in [0.3, 0.4) is 0 Å². The van der Waals surface area contributed by atoms with Crippen LogP contribution in [0.4, 0.5) is 5.95 Å². The van der Waals surface area contributed by atoms with Gasteiger partial charge in [-0.15, -0.1) is 0 Å². The first-order chi connectivity index (χ1) is 14.6. The number of thioether (sulfide) groups is 1. The number of nitrogens with zero attached hydrogens (tertiary/aromatic N) is 5. The second kappa shape index (κ2) is 9.53. The quantitative estimate of drug-likeness (QED) is 0.496. The maximum absolute atomic E-state index is 9.91. The summed E-state index contributed by atoms with van der Waals surface area (Å²) in [5.74, 6) is 2.14. The normalized spacial score (nSPS) is 19.2. The van der Waals surface area contributed by atoms with Gasteiger partial charge in [-0.2, -0.15) is 14.6 Å². The smallest absolute Gasteiger partial charge is 0.231 e. The first-order valence-corrected chi connectivity index (χ1v) is 12.1. The van der Waals surface area contributed by atoms with Gasteiger partial charge < -0.3 is 14.7 Å². The van der Waals surface area contributed by atoms with E-state index in [4.69, 9.17) is 9.72 Å². The highest BCUT2D eigenvalue weighted by Crippen LogP contribution is 2.29. The number of anilines is 1. The number of halogens is 1. The summed E-state index contributed by atoms with van der Waals surface area (Å²) < 4.78 is 7.96. The Balaban J connectivity index is 1.69. The van der Waals surface area contributed by atoms with Crippen molar-refractivity contribution in [1.82, 2.24) is 19.6 Å². The van der Waals surface area contributed by atoms with Crippen molar-refractivity contribution >= 4 is 39.3 Å². The highest BCUT2D eigenvalue weighted by atomic mass is 79.9. The largest absolute Gasteiger partial charge is 0.497 e. The standard InChI is InChI=1S/C21H26BrN5O2S/c1-29-17-9-5-15(6-10-17)13-26(12-14-3-7-16(28)8-4-14)21-25-20(30-2)24-19-18(22)11-23-27(19)21/h5-6,9-11,14,16,28H,3-4,7-8,12-13H2,1-2H3/t14-,16+. The molecular formula is C21H26BrN5O2S. The van der Waals surface area contributed by atoms with Gasteiger partial charge in [0.05, 0.1) is 23.9 Å². The van der Waals surface area contributed by atoms with Crippen LogP contribution >= 0.6 is 27.7 Å². The van der Waals surface area contributed by atoms with Gasteiger partial charge in [0.2, 0.25) is 5.95 Å². The molecule has 1 aliphatic rings. The molecule has 0 spiro atoms. The van der Waals surface area contributed by atoms with Crippen molar-refractivity contribution in [2.75, 3.05) is 24.8 Å². The first-order valence-electron chi connectivity index (χ1n) is 10.1. The van der Waals surface area contributed by atoms with Crippen LogP contribution in [0.2, 0.25) is 0 Å². The monoisotopic (exact) mass is 491 g/mol. The summed E-state index contributed by atoms with van der Waals surface area (Å²) in [6.45, 7) is 1.57. The summed E-state index contributed by atoms with van der Waals surface area (Å²) in [4.78, 5) is 11.7. The molecular weight excluding hydrogens is 466 g/mol. The number of aliphatic hydroxyl groups excluding tert-OH is 1. The Morgan fingerprint density at radius 3 is 2.60 bits per heavy atom. The average molecular weight is 492 g/mol. The summed E-state index contributed by atoms with van der Waals surface area (Å²) in [5.41, 5.74) is 1.94. The van der Waals surface area contributed by atoms with E-state index in [1.165, 1.54) is 17.3 Å². The third-order valence-electron chi connectivity index (χ3n) is 5.58. The number of rotatable bonds is 7. The Labute approximate surface area is 189 Å². The molecule has 1 fully saturated rings. The second-order valence-electron chi connectivity index (χ2n) is 7.64. The number of aromatic nitrogens is 4. The number of methoxy groups -OCH3 is 1. The number of hydrogen-bond acceptors (Lipinski definition) is 7. The number of fused-ring (bicyclic) bond motifs is 1. The van der Waals surface area contributed by atoms with Crippen molar-refractivity contribution in [1.29, 1.82) is 0 Å². The molecule has 2 heterocycles. The lowest BCUT2D eigenvalue weighted by Crippen LogP contribution is -2.34. The third kappa shape index (κ3) is 4.73. The van der Waals surface area contributed by atoms with Crippen molar-refractivity contribution in [3.8, 4) is 5.75 Å². The van der Waals surface area contributed by atoms with E-state index in [0.29, 0.717) is 12.5 Å². The van der Waals surface area contributed by atoms with Gasteiger partial charge in [-0.1, -0.05) is 23.9 Å². The Hall–Kier alpha value is -1.84. The number of benzene rings is 1. The lowest BCUT2D eigenvalue weighted by Gasteiger charge is -2.32. The second-order valence-corrected chi connectivity index (χ2v) is 9.27. The van der Waals surface area contributed by atoms with Crippen LogP contribution in [0, 0.1) is 5.92 Å². The van der Waals surface area contributed by atoms with E-state index in [1.807, 2.05) is 22.9 Å². The van der Waals surface area contributed by atoms with E-state index >= 15 is 0 Å². The third-order valence-corrected chi connectivity index (χ3v) is 6.69. The molecule has 30 heavy (non-hydrogen) atoms. The fourth-order valence-electron chi connectivity index (χ4n) is 3.92. The molecule has 0 amide bonds. The van der Waals surface area contributed by atoms with Gasteiger partial charge in [-0.3, -0.25) is 0 Å². The predicted octanol–water partition coefficient (Wildman–Crippen LogP) is 4.18. The molecule has 9 heteroatoms. The van der Waals surface area contributed by atoms with Crippen molar-refractivity contribution in [3.05, 3.63) is 40.5 Å². The van der Waals surface area contributed by atoms with Gasteiger partial charge in [0.25, 0.3) is 0 Å². The van der Waals surface area contributed by atoms with Gasteiger partial charge in [0.1, 0.15) is 5.75 Å². The van der Waals surface area contributed by atoms with Crippen molar-refractivity contribution in [3.63, 3.8) is 0 Å². The molecule has 1 N–H and O–H groups in total. The molecule has 0 saturated heterocycles. The van der Waals surface area contributed by atoms with Crippen LogP contribution in [-0.4, -0.2) is 50.7 Å². The molecule has 1 aromatic carbocycles. The molecule has 1 aliphatic carbocycles. The predicted molar refractivity (Wildman–Crippen MR) is 122 cm³/mol.